The molecule has 1 amide bonds. The van der Waals surface area contributed by atoms with Crippen molar-refractivity contribution >= 4 is 17.7 Å². The van der Waals surface area contributed by atoms with Crippen LogP contribution in [-0.4, -0.2) is 36.7 Å². The Morgan fingerprint density at radius 1 is 1.42 bits per heavy atom. The van der Waals surface area contributed by atoms with E-state index in [0.29, 0.717) is 12.1 Å². The number of methoxy groups -OCH3 is 1. The van der Waals surface area contributed by atoms with Gasteiger partial charge >= 0.3 is 0 Å². The van der Waals surface area contributed by atoms with Crippen LogP contribution < -0.4 is 5.32 Å². The van der Waals surface area contributed by atoms with E-state index in [0.717, 1.165) is 24.3 Å². The third-order valence-electron chi connectivity index (χ3n) is 3.70. The fourth-order valence-electron chi connectivity index (χ4n) is 2.20. The first kappa shape index (κ1) is 14.4. The highest BCUT2D eigenvalue weighted by molar-refractivity contribution is 7.99. The first-order chi connectivity index (χ1) is 9.19. The number of rotatable bonds is 5. The van der Waals surface area contributed by atoms with Gasteiger partial charge in [-0.2, -0.15) is 11.8 Å². The van der Waals surface area contributed by atoms with E-state index in [2.05, 4.69) is 12.2 Å². The standard InChI is InChI=1S/C15H21NO2S/c1-3-12-4-6-13(7-5-12)14(17)16-10-15(18-2)8-9-19-11-15/h4-7H,3,8-11H2,1-2H3,(H,16,17). The Morgan fingerprint density at radius 2 is 2.16 bits per heavy atom. The molecule has 1 aliphatic heterocycles. The molecule has 0 bridgehead atoms. The van der Waals surface area contributed by atoms with Gasteiger partial charge in [0.2, 0.25) is 0 Å². The Morgan fingerprint density at radius 3 is 2.68 bits per heavy atom. The zero-order chi connectivity index (χ0) is 13.7. The molecule has 1 atom stereocenters. The van der Waals surface area contributed by atoms with Gasteiger partial charge in [0, 0.05) is 25.0 Å². The molecule has 19 heavy (non-hydrogen) atoms. The fraction of sp³-hybridized carbons (Fsp3) is 0.533. The molecule has 0 saturated carbocycles. The van der Waals surface area contributed by atoms with Crippen LogP contribution in [0.1, 0.15) is 29.3 Å². The Balaban J connectivity index is 1.93. The molecule has 1 aromatic rings. The molecule has 3 nitrogen and oxygen atoms in total. The molecule has 1 saturated heterocycles. The van der Waals surface area contributed by atoms with Crippen LogP contribution in [0.3, 0.4) is 0 Å². The lowest BCUT2D eigenvalue weighted by Gasteiger charge is -2.26. The maximum absolute atomic E-state index is 12.1. The molecule has 1 aliphatic rings. The molecule has 0 radical (unpaired) electrons. The predicted octanol–water partition coefficient (Wildman–Crippen LogP) is 2.50. The number of aryl methyl sites for hydroxylation is 1. The monoisotopic (exact) mass is 279 g/mol. The number of hydrogen-bond donors (Lipinski definition) is 1. The first-order valence-electron chi connectivity index (χ1n) is 6.69. The van der Waals surface area contributed by atoms with Crippen LogP contribution >= 0.6 is 11.8 Å². The summed E-state index contributed by atoms with van der Waals surface area (Å²) in [5.74, 6) is 2.05. The van der Waals surface area contributed by atoms with Gasteiger partial charge in [0.05, 0.1) is 5.60 Å². The SMILES string of the molecule is CCc1ccc(C(=O)NCC2(OC)CCSC2)cc1. The van der Waals surface area contributed by atoms with Gasteiger partial charge in [-0.3, -0.25) is 4.79 Å². The summed E-state index contributed by atoms with van der Waals surface area (Å²) in [6, 6.07) is 7.78. The summed E-state index contributed by atoms with van der Waals surface area (Å²) in [5, 5.41) is 2.99. The van der Waals surface area contributed by atoms with E-state index < -0.39 is 0 Å². The van der Waals surface area contributed by atoms with Crippen molar-refractivity contribution < 1.29 is 9.53 Å². The molecule has 0 aromatic heterocycles. The number of thioether (sulfide) groups is 1. The molecule has 1 heterocycles. The van der Waals surface area contributed by atoms with Crippen molar-refractivity contribution in [3.63, 3.8) is 0 Å². The normalized spacial score (nSPS) is 22.4. The molecule has 2 rings (SSSR count). The smallest absolute Gasteiger partial charge is 0.251 e. The maximum atomic E-state index is 12.1. The van der Waals surface area contributed by atoms with Gasteiger partial charge in [-0.05, 0) is 36.3 Å². The highest BCUT2D eigenvalue weighted by atomic mass is 32.2. The van der Waals surface area contributed by atoms with Crippen LogP contribution in [0.4, 0.5) is 0 Å². The second-order valence-electron chi connectivity index (χ2n) is 4.92. The van der Waals surface area contributed by atoms with Crippen LogP contribution in [0.2, 0.25) is 0 Å². The van der Waals surface area contributed by atoms with Gasteiger partial charge in [-0.15, -0.1) is 0 Å². The van der Waals surface area contributed by atoms with E-state index in [1.807, 2.05) is 36.0 Å². The van der Waals surface area contributed by atoms with Crippen LogP contribution in [-0.2, 0) is 11.2 Å². The summed E-state index contributed by atoms with van der Waals surface area (Å²) in [7, 11) is 1.73. The van der Waals surface area contributed by atoms with Crippen LogP contribution in [0.25, 0.3) is 0 Å². The molecule has 1 unspecified atom stereocenters. The van der Waals surface area contributed by atoms with E-state index in [1.165, 1.54) is 5.56 Å². The van der Waals surface area contributed by atoms with Crippen molar-refractivity contribution in [2.75, 3.05) is 25.2 Å². The van der Waals surface area contributed by atoms with Gasteiger partial charge in [-0.1, -0.05) is 19.1 Å². The topological polar surface area (TPSA) is 38.3 Å². The van der Waals surface area contributed by atoms with Gasteiger partial charge in [-0.25, -0.2) is 0 Å². The largest absolute Gasteiger partial charge is 0.376 e. The van der Waals surface area contributed by atoms with Crippen molar-refractivity contribution in [2.24, 2.45) is 0 Å². The van der Waals surface area contributed by atoms with Crippen molar-refractivity contribution in [3.05, 3.63) is 35.4 Å². The minimum atomic E-state index is -0.177. The second-order valence-corrected chi connectivity index (χ2v) is 6.03. The lowest BCUT2D eigenvalue weighted by Crippen LogP contribution is -2.44. The fourth-order valence-corrected chi connectivity index (χ4v) is 3.59. The summed E-state index contributed by atoms with van der Waals surface area (Å²) in [6.07, 6.45) is 2.00. The summed E-state index contributed by atoms with van der Waals surface area (Å²) in [4.78, 5) is 12.1. The zero-order valence-electron chi connectivity index (χ0n) is 11.6. The number of hydrogen-bond acceptors (Lipinski definition) is 3. The van der Waals surface area contributed by atoms with Crippen molar-refractivity contribution in [1.82, 2.24) is 5.32 Å². The molecule has 0 aliphatic carbocycles. The van der Waals surface area contributed by atoms with Gasteiger partial charge in [0.15, 0.2) is 0 Å². The Bertz CT molecular complexity index is 424. The predicted molar refractivity (Wildman–Crippen MR) is 79.8 cm³/mol. The van der Waals surface area contributed by atoms with Crippen LogP contribution in [0.15, 0.2) is 24.3 Å². The molecule has 0 spiro atoms. The van der Waals surface area contributed by atoms with E-state index >= 15 is 0 Å². The summed E-state index contributed by atoms with van der Waals surface area (Å²) >= 11 is 1.88. The summed E-state index contributed by atoms with van der Waals surface area (Å²) in [6.45, 7) is 2.69. The van der Waals surface area contributed by atoms with Crippen LogP contribution in [0, 0.1) is 0 Å². The van der Waals surface area contributed by atoms with E-state index in [4.69, 9.17) is 4.74 Å². The molecule has 1 fully saturated rings. The average molecular weight is 279 g/mol. The molecule has 4 heteroatoms. The third-order valence-corrected chi connectivity index (χ3v) is 4.92. The second kappa shape index (κ2) is 6.44. The molecular weight excluding hydrogens is 258 g/mol. The Labute approximate surface area is 119 Å². The number of benzene rings is 1. The minimum Gasteiger partial charge on any atom is -0.376 e. The number of carbonyl (C=O) groups excluding carboxylic acids is 1. The average Bonchev–Trinajstić information content (AvgIpc) is 2.94. The van der Waals surface area contributed by atoms with Crippen LogP contribution in [0.5, 0.6) is 0 Å². The number of ether oxygens (including phenoxy) is 1. The molecule has 1 aromatic carbocycles. The number of amides is 1. The first-order valence-corrected chi connectivity index (χ1v) is 7.84. The maximum Gasteiger partial charge on any atom is 0.251 e. The van der Waals surface area contributed by atoms with Gasteiger partial charge in [0.25, 0.3) is 5.91 Å². The molecule has 104 valence electrons. The minimum absolute atomic E-state index is 0.0176. The number of nitrogens with one attached hydrogen (secondary N) is 1. The highest BCUT2D eigenvalue weighted by Crippen LogP contribution is 2.30. The Kier molecular flexibility index (Phi) is 4.88. The zero-order valence-corrected chi connectivity index (χ0v) is 12.4. The number of carbonyl (C=O) groups is 1. The summed E-state index contributed by atoms with van der Waals surface area (Å²) in [5.41, 5.74) is 1.79. The lowest BCUT2D eigenvalue weighted by atomic mass is 10.0. The van der Waals surface area contributed by atoms with E-state index in [1.54, 1.807) is 7.11 Å². The van der Waals surface area contributed by atoms with Crippen molar-refractivity contribution in [2.45, 2.75) is 25.4 Å². The quantitative estimate of drug-likeness (QED) is 0.900. The van der Waals surface area contributed by atoms with Gasteiger partial charge < -0.3 is 10.1 Å². The van der Waals surface area contributed by atoms with Gasteiger partial charge in [0.1, 0.15) is 0 Å². The summed E-state index contributed by atoms with van der Waals surface area (Å²) < 4.78 is 5.59. The Hall–Kier alpha value is -1.00. The highest BCUT2D eigenvalue weighted by Gasteiger charge is 2.34. The van der Waals surface area contributed by atoms with E-state index in [-0.39, 0.29) is 11.5 Å². The van der Waals surface area contributed by atoms with E-state index in [9.17, 15) is 4.79 Å². The third kappa shape index (κ3) is 3.51. The van der Waals surface area contributed by atoms with Crippen molar-refractivity contribution in [1.29, 1.82) is 0 Å². The molecule has 1 N–H and O–H groups in total. The lowest BCUT2D eigenvalue weighted by molar-refractivity contribution is 0.0137. The van der Waals surface area contributed by atoms with Crippen molar-refractivity contribution in [3.8, 4) is 0 Å². The molecular formula is C15H21NO2S.